The van der Waals surface area contributed by atoms with Gasteiger partial charge in [0.25, 0.3) is 0 Å². The maximum atomic E-state index is 11.8. The predicted octanol–water partition coefficient (Wildman–Crippen LogP) is 6.72. The largest absolute Gasteiger partial charge is 0.524 e. The minimum Gasteiger partial charge on any atom is -0.404 e. The Kier molecular flexibility index (Phi) is 6.06. The summed E-state index contributed by atoms with van der Waals surface area (Å²) in [6, 6.07) is 31.5. The molecule has 0 fully saturated rings. The normalized spacial score (nSPS) is 11.3. The summed E-state index contributed by atoms with van der Waals surface area (Å²) in [5.74, 6) is 0.202. The van der Waals surface area contributed by atoms with E-state index >= 15 is 0 Å². The Balaban J connectivity index is 2.16. The standard InChI is InChI=1S/C26H23O4P/c1-2-22-24(30-31(27,28)29)18-23(19-12-6-3-7-13-19)26(21-16-10-5-11-17-21)25(22)20-14-8-4-9-15-20/h3-18H,2H2,1H3,(H2,27,28,29). The smallest absolute Gasteiger partial charge is 0.404 e. The highest BCUT2D eigenvalue weighted by Crippen LogP contribution is 2.49. The molecule has 0 radical (unpaired) electrons. The summed E-state index contributed by atoms with van der Waals surface area (Å²) in [5, 5.41) is 0. The lowest BCUT2D eigenvalue weighted by Crippen LogP contribution is -2.01. The second-order valence-electron chi connectivity index (χ2n) is 7.18. The van der Waals surface area contributed by atoms with E-state index in [1.54, 1.807) is 6.07 Å². The minimum atomic E-state index is -4.74. The summed E-state index contributed by atoms with van der Waals surface area (Å²) in [6.45, 7) is 1.96. The van der Waals surface area contributed by atoms with Gasteiger partial charge in [-0.3, -0.25) is 9.79 Å². The number of benzene rings is 4. The Morgan fingerprint density at radius 3 is 1.61 bits per heavy atom. The Morgan fingerprint density at radius 2 is 1.16 bits per heavy atom. The summed E-state index contributed by atoms with van der Waals surface area (Å²) in [5.41, 5.74) is 6.47. The van der Waals surface area contributed by atoms with Crippen LogP contribution in [0.4, 0.5) is 0 Å². The molecule has 0 saturated heterocycles. The Morgan fingerprint density at radius 1 is 0.710 bits per heavy atom. The fraction of sp³-hybridized carbons (Fsp3) is 0.0769. The van der Waals surface area contributed by atoms with Crippen molar-refractivity contribution >= 4 is 7.82 Å². The number of hydrogen-bond donors (Lipinski definition) is 2. The van der Waals surface area contributed by atoms with Crippen LogP contribution in [0.1, 0.15) is 12.5 Å². The predicted molar refractivity (Wildman–Crippen MR) is 125 cm³/mol. The topological polar surface area (TPSA) is 66.8 Å². The molecule has 0 aromatic heterocycles. The Bertz CT molecular complexity index is 1220. The van der Waals surface area contributed by atoms with Gasteiger partial charge in [-0.25, -0.2) is 4.57 Å². The summed E-state index contributed by atoms with van der Waals surface area (Å²) < 4.78 is 17.0. The average Bonchev–Trinajstić information content (AvgIpc) is 2.79. The number of phosphoric acid groups is 1. The van der Waals surface area contributed by atoms with E-state index in [4.69, 9.17) is 4.52 Å². The Labute approximate surface area is 182 Å². The number of phosphoric ester groups is 1. The monoisotopic (exact) mass is 430 g/mol. The van der Waals surface area contributed by atoms with Crippen LogP contribution in [0.2, 0.25) is 0 Å². The summed E-state index contributed by atoms with van der Waals surface area (Å²) in [6.07, 6.45) is 0.550. The zero-order valence-electron chi connectivity index (χ0n) is 17.1. The molecule has 0 atom stereocenters. The van der Waals surface area contributed by atoms with Crippen LogP contribution >= 0.6 is 7.82 Å². The second-order valence-corrected chi connectivity index (χ2v) is 8.35. The average molecular weight is 430 g/mol. The van der Waals surface area contributed by atoms with Crippen LogP contribution in [0.15, 0.2) is 97.1 Å². The molecule has 5 heteroatoms. The van der Waals surface area contributed by atoms with Crippen LogP contribution in [-0.4, -0.2) is 9.79 Å². The lowest BCUT2D eigenvalue weighted by molar-refractivity contribution is 0.282. The van der Waals surface area contributed by atoms with Gasteiger partial charge in [0, 0.05) is 5.56 Å². The third-order valence-corrected chi connectivity index (χ3v) is 5.61. The van der Waals surface area contributed by atoms with Crippen molar-refractivity contribution in [2.24, 2.45) is 0 Å². The van der Waals surface area contributed by atoms with Crippen LogP contribution < -0.4 is 4.52 Å². The molecule has 31 heavy (non-hydrogen) atoms. The first-order chi connectivity index (χ1) is 15.0. The summed E-state index contributed by atoms with van der Waals surface area (Å²) in [4.78, 5) is 19.2. The van der Waals surface area contributed by atoms with E-state index in [9.17, 15) is 14.4 Å². The number of rotatable bonds is 6. The molecular weight excluding hydrogens is 407 g/mol. The van der Waals surface area contributed by atoms with E-state index < -0.39 is 7.82 Å². The molecule has 0 aliphatic carbocycles. The van der Waals surface area contributed by atoms with Gasteiger partial charge in [-0.1, -0.05) is 97.9 Å². The summed E-state index contributed by atoms with van der Waals surface area (Å²) >= 11 is 0. The maximum Gasteiger partial charge on any atom is 0.524 e. The molecular formula is C26H23O4P. The van der Waals surface area contributed by atoms with Crippen molar-refractivity contribution < 1.29 is 18.9 Å². The highest BCUT2D eigenvalue weighted by Gasteiger charge is 2.25. The molecule has 0 amide bonds. The van der Waals surface area contributed by atoms with Crippen molar-refractivity contribution in [1.82, 2.24) is 0 Å². The lowest BCUT2D eigenvalue weighted by atomic mass is 9.83. The van der Waals surface area contributed by atoms with Crippen LogP contribution in [0.3, 0.4) is 0 Å². The van der Waals surface area contributed by atoms with Crippen LogP contribution in [0, 0.1) is 0 Å². The van der Waals surface area contributed by atoms with E-state index in [-0.39, 0.29) is 5.75 Å². The molecule has 156 valence electrons. The molecule has 0 unspecified atom stereocenters. The molecule has 0 aliphatic heterocycles. The first kappa shape index (κ1) is 21.1. The first-order valence-corrected chi connectivity index (χ1v) is 11.6. The molecule has 0 spiro atoms. The summed E-state index contributed by atoms with van der Waals surface area (Å²) in [7, 11) is -4.74. The van der Waals surface area contributed by atoms with Crippen molar-refractivity contribution in [3.05, 3.63) is 103 Å². The maximum absolute atomic E-state index is 11.8. The van der Waals surface area contributed by atoms with Crippen molar-refractivity contribution in [2.75, 3.05) is 0 Å². The first-order valence-electron chi connectivity index (χ1n) is 10.1. The molecule has 0 heterocycles. The molecule has 0 aliphatic rings. The van der Waals surface area contributed by atoms with Crippen molar-refractivity contribution in [3.63, 3.8) is 0 Å². The lowest BCUT2D eigenvalue weighted by Gasteiger charge is -2.23. The Hall–Kier alpha value is -3.17. The van der Waals surface area contributed by atoms with E-state index in [0.29, 0.717) is 6.42 Å². The van der Waals surface area contributed by atoms with Crippen LogP contribution in [0.5, 0.6) is 5.75 Å². The minimum absolute atomic E-state index is 0.202. The van der Waals surface area contributed by atoms with Crippen molar-refractivity contribution in [2.45, 2.75) is 13.3 Å². The van der Waals surface area contributed by atoms with Crippen molar-refractivity contribution in [1.29, 1.82) is 0 Å². The number of hydrogen-bond acceptors (Lipinski definition) is 2. The van der Waals surface area contributed by atoms with E-state index in [2.05, 4.69) is 12.1 Å². The molecule has 2 N–H and O–H groups in total. The van der Waals surface area contributed by atoms with Gasteiger partial charge in [0.2, 0.25) is 0 Å². The van der Waals surface area contributed by atoms with Crippen LogP contribution in [0.25, 0.3) is 33.4 Å². The van der Waals surface area contributed by atoms with Gasteiger partial charge in [0.1, 0.15) is 5.75 Å². The van der Waals surface area contributed by atoms with Gasteiger partial charge in [-0.2, -0.15) is 0 Å². The third kappa shape index (κ3) is 4.62. The highest BCUT2D eigenvalue weighted by molar-refractivity contribution is 7.46. The van der Waals surface area contributed by atoms with Gasteiger partial charge in [-0.15, -0.1) is 0 Å². The third-order valence-electron chi connectivity index (χ3n) is 5.17. The second kappa shape index (κ2) is 8.91. The highest BCUT2D eigenvalue weighted by atomic mass is 31.2. The van der Waals surface area contributed by atoms with Crippen LogP contribution in [-0.2, 0) is 11.0 Å². The fourth-order valence-corrected chi connectivity index (χ4v) is 4.35. The van der Waals surface area contributed by atoms with E-state index in [1.165, 1.54) is 0 Å². The zero-order chi connectivity index (χ0) is 21.8. The molecule has 4 rings (SSSR count). The zero-order valence-corrected chi connectivity index (χ0v) is 18.0. The SMILES string of the molecule is CCc1c(OP(=O)(O)O)cc(-c2ccccc2)c(-c2ccccc2)c1-c1ccccc1. The van der Waals surface area contributed by atoms with E-state index in [0.717, 1.165) is 38.9 Å². The van der Waals surface area contributed by atoms with Gasteiger partial charge >= 0.3 is 7.82 Å². The molecule has 4 aromatic carbocycles. The molecule has 4 nitrogen and oxygen atoms in total. The molecule has 0 bridgehead atoms. The van der Waals surface area contributed by atoms with Gasteiger partial charge in [-0.05, 0) is 45.9 Å². The van der Waals surface area contributed by atoms with E-state index in [1.807, 2.05) is 85.8 Å². The van der Waals surface area contributed by atoms with Crippen molar-refractivity contribution in [3.8, 4) is 39.1 Å². The quantitative estimate of drug-likeness (QED) is 0.333. The van der Waals surface area contributed by atoms with Gasteiger partial charge < -0.3 is 4.52 Å². The molecule has 4 aromatic rings. The van der Waals surface area contributed by atoms with Gasteiger partial charge in [0.15, 0.2) is 0 Å². The fourth-order valence-electron chi connectivity index (χ4n) is 3.93. The van der Waals surface area contributed by atoms with Gasteiger partial charge in [0.05, 0.1) is 0 Å². The molecule has 0 saturated carbocycles.